The van der Waals surface area contributed by atoms with Gasteiger partial charge in [0.15, 0.2) is 11.8 Å². The van der Waals surface area contributed by atoms with Gasteiger partial charge in [-0.2, -0.15) is 4.98 Å². The fraction of sp³-hybridized carbons (Fsp3) is 0.812. The second-order valence-electron chi connectivity index (χ2n) is 6.19. The Morgan fingerprint density at radius 1 is 1.30 bits per heavy atom. The minimum Gasteiger partial charge on any atom is -0.357 e. The van der Waals surface area contributed by atoms with E-state index in [0.717, 1.165) is 18.3 Å². The zero-order valence-electron chi connectivity index (χ0n) is 14.5. The van der Waals surface area contributed by atoms with Gasteiger partial charge in [-0.25, -0.2) is 0 Å². The number of guanidine groups is 1. The first-order valence-corrected chi connectivity index (χ1v) is 8.56. The first kappa shape index (κ1) is 20.2. The molecule has 1 aliphatic rings. The highest BCUT2D eigenvalue weighted by Gasteiger charge is 2.14. The van der Waals surface area contributed by atoms with Crippen LogP contribution in [0.1, 0.15) is 70.5 Å². The summed E-state index contributed by atoms with van der Waals surface area (Å²) in [5.41, 5.74) is 0. The van der Waals surface area contributed by atoms with Crippen molar-refractivity contribution in [3.8, 4) is 0 Å². The van der Waals surface area contributed by atoms with Crippen LogP contribution in [-0.2, 0) is 6.42 Å². The fourth-order valence-electron chi connectivity index (χ4n) is 2.63. The SMILES string of the molecule is CCNC(=NCCc1nc(C(C)C)no1)NC1CCCCC1.I. The Kier molecular flexibility index (Phi) is 9.50. The number of hydrogen-bond donors (Lipinski definition) is 2. The number of nitrogens with one attached hydrogen (secondary N) is 2. The Hall–Kier alpha value is -0.860. The molecule has 132 valence electrons. The van der Waals surface area contributed by atoms with Crippen LogP contribution >= 0.6 is 24.0 Å². The predicted molar refractivity (Wildman–Crippen MR) is 103 cm³/mol. The number of aromatic nitrogens is 2. The molecule has 0 radical (unpaired) electrons. The Labute approximate surface area is 156 Å². The van der Waals surface area contributed by atoms with Gasteiger partial charge in [0.25, 0.3) is 0 Å². The van der Waals surface area contributed by atoms with E-state index in [0.29, 0.717) is 30.8 Å². The molecular formula is C16H30IN5O. The summed E-state index contributed by atoms with van der Waals surface area (Å²) in [6, 6.07) is 0.558. The quantitative estimate of drug-likeness (QED) is 0.408. The predicted octanol–water partition coefficient (Wildman–Crippen LogP) is 3.24. The van der Waals surface area contributed by atoms with Crippen molar-refractivity contribution in [3.05, 3.63) is 11.7 Å². The van der Waals surface area contributed by atoms with Gasteiger partial charge in [0, 0.05) is 24.9 Å². The number of halogens is 1. The molecule has 6 nitrogen and oxygen atoms in total. The van der Waals surface area contributed by atoms with Gasteiger partial charge in [-0.15, -0.1) is 24.0 Å². The molecule has 0 aliphatic heterocycles. The van der Waals surface area contributed by atoms with Crippen molar-refractivity contribution in [2.24, 2.45) is 4.99 Å². The van der Waals surface area contributed by atoms with Gasteiger partial charge in [0.05, 0.1) is 6.54 Å². The van der Waals surface area contributed by atoms with Crippen LogP contribution in [0.3, 0.4) is 0 Å². The largest absolute Gasteiger partial charge is 0.357 e. The molecule has 0 bridgehead atoms. The maximum atomic E-state index is 5.25. The summed E-state index contributed by atoms with van der Waals surface area (Å²) >= 11 is 0. The Bertz CT molecular complexity index is 469. The molecule has 0 saturated heterocycles. The highest BCUT2D eigenvalue weighted by atomic mass is 127. The lowest BCUT2D eigenvalue weighted by molar-refractivity contribution is 0.372. The first-order valence-electron chi connectivity index (χ1n) is 8.56. The van der Waals surface area contributed by atoms with Crippen molar-refractivity contribution >= 4 is 29.9 Å². The van der Waals surface area contributed by atoms with Gasteiger partial charge >= 0.3 is 0 Å². The zero-order chi connectivity index (χ0) is 15.8. The summed E-state index contributed by atoms with van der Waals surface area (Å²) in [6.45, 7) is 7.73. The normalized spacial score (nSPS) is 16.3. The van der Waals surface area contributed by atoms with E-state index in [9.17, 15) is 0 Å². The van der Waals surface area contributed by atoms with Crippen LogP contribution in [0.5, 0.6) is 0 Å². The lowest BCUT2D eigenvalue weighted by atomic mass is 9.96. The first-order chi connectivity index (χ1) is 10.7. The maximum Gasteiger partial charge on any atom is 0.228 e. The second-order valence-corrected chi connectivity index (χ2v) is 6.19. The Morgan fingerprint density at radius 2 is 2.04 bits per heavy atom. The molecule has 0 spiro atoms. The molecule has 0 unspecified atom stereocenters. The topological polar surface area (TPSA) is 75.3 Å². The van der Waals surface area contributed by atoms with Gasteiger partial charge in [0.2, 0.25) is 5.89 Å². The zero-order valence-corrected chi connectivity index (χ0v) is 16.8. The van der Waals surface area contributed by atoms with Crippen LogP contribution in [0.2, 0.25) is 0 Å². The Morgan fingerprint density at radius 3 is 2.65 bits per heavy atom. The summed E-state index contributed by atoms with van der Waals surface area (Å²) < 4.78 is 5.25. The van der Waals surface area contributed by atoms with Crippen LogP contribution in [-0.4, -0.2) is 35.2 Å². The third kappa shape index (κ3) is 7.05. The fourth-order valence-corrected chi connectivity index (χ4v) is 2.63. The van der Waals surface area contributed by atoms with Crippen LogP contribution in [0.15, 0.2) is 9.52 Å². The Balaban J connectivity index is 0.00000264. The summed E-state index contributed by atoms with van der Waals surface area (Å²) in [5.74, 6) is 2.64. The van der Waals surface area contributed by atoms with E-state index in [4.69, 9.17) is 4.52 Å². The third-order valence-corrected chi connectivity index (χ3v) is 3.89. The molecular weight excluding hydrogens is 405 g/mol. The number of aliphatic imine (C=N–C) groups is 1. The van der Waals surface area contributed by atoms with Crippen molar-refractivity contribution in [1.29, 1.82) is 0 Å². The second kappa shape index (κ2) is 10.8. The molecule has 1 aliphatic carbocycles. The van der Waals surface area contributed by atoms with E-state index in [2.05, 4.69) is 46.5 Å². The maximum absolute atomic E-state index is 5.25. The van der Waals surface area contributed by atoms with Crippen molar-refractivity contribution in [2.45, 2.75) is 71.3 Å². The van der Waals surface area contributed by atoms with Gasteiger partial charge in [-0.1, -0.05) is 38.3 Å². The summed E-state index contributed by atoms with van der Waals surface area (Å²) in [5, 5.41) is 10.8. The van der Waals surface area contributed by atoms with Crippen molar-refractivity contribution in [2.75, 3.05) is 13.1 Å². The monoisotopic (exact) mass is 435 g/mol. The van der Waals surface area contributed by atoms with E-state index in [-0.39, 0.29) is 24.0 Å². The molecule has 2 rings (SSSR count). The van der Waals surface area contributed by atoms with Gasteiger partial charge in [0.1, 0.15) is 0 Å². The van der Waals surface area contributed by atoms with E-state index in [1.807, 2.05) is 0 Å². The highest BCUT2D eigenvalue weighted by Crippen LogP contribution is 2.17. The minimum atomic E-state index is 0. The third-order valence-electron chi connectivity index (χ3n) is 3.89. The van der Waals surface area contributed by atoms with Gasteiger partial charge in [-0.05, 0) is 19.8 Å². The van der Waals surface area contributed by atoms with Crippen molar-refractivity contribution in [1.82, 2.24) is 20.8 Å². The van der Waals surface area contributed by atoms with Crippen molar-refractivity contribution in [3.63, 3.8) is 0 Å². The molecule has 23 heavy (non-hydrogen) atoms. The number of rotatable bonds is 6. The molecule has 0 aromatic carbocycles. The van der Waals surface area contributed by atoms with Gasteiger partial charge < -0.3 is 15.2 Å². The molecule has 1 heterocycles. The average molecular weight is 435 g/mol. The molecule has 7 heteroatoms. The summed E-state index contributed by atoms with van der Waals surface area (Å²) in [4.78, 5) is 9.00. The molecule has 2 N–H and O–H groups in total. The lowest BCUT2D eigenvalue weighted by Crippen LogP contribution is -2.44. The van der Waals surface area contributed by atoms with E-state index < -0.39 is 0 Å². The van der Waals surface area contributed by atoms with Crippen LogP contribution in [0.25, 0.3) is 0 Å². The van der Waals surface area contributed by atoms with Gasteiger partial charge in [-0.3, -0.25) is 4.99 Å². The lowest BCUT2D eigenvalue weighted by Gasteiger charge is -2.24. The summed E-state index contributed by atoms with van der Waals surface area (Å²) in [7, 11) is 0. The van der Waals surface area contributed by atoms with E-state index in [1.54, 1.807) is 0 Å². The standard InChI is InChI=1S/C16H29N5O.HI/c1-4-17-16(19-13-8-6-5-7-9-13)18-11-10-14-20-15(12(2)3)21-22-14;/h12-13H,4-11H2,1-3H3,(H2,17,18,19);1H. The minimum absolute atomic E-state index is 0. The molecule has 0 atom stereocenters. The molecule has 1 fully saturated rings. The average Bonchev–Trinajstić information content (AvgIpc) is 2.98. The van der Waals surface area contributed by atoms with Crippen LogP contribution in [0.4, 0.5) is 0 Å². The van der Waals surface area contributed by atoms with Crippen LogP contribution < -0.4 is 10.6 Å². The molecule has 1 aromatic rings. The van der Waals surface area contributed by atoms with E-state index >= 15 is 0 Å². The number of nitrogens with zero attached hydrogens (tertiary/aromatic N) is 3. The van der Waals surface area contributed by atoms with E-state index in [1.165, 1.54) is 32.1 Å². The molecule has 1 aromatic heterocycles. The highest BCUT2D eigenvalue weighted by molar-refractivity contribution is 14.0. The number of hydrogen-bond acceptors (Lipinski definition) is 4. The summed E-state index contributed by atoms with van der Waals surface area (Å²) in [6.07, 6.45) is 7.16. The van der Waals surface area contributed by atoms with Crippen LogP contribution in [0, 0.1) is 0 Å². The smallest absolute Gasteiger partial charge is 0.228 e. The molecule has 1 saturated carbocycles. The van der Waals surface area contributed by atoms with Crippen molar-refractivity contribution < 1.29 is 4.52 Å². The molecule has 0 amide bonds.